The molecule has 1 atom stereocenters. The van der Waals surface area contributed by atoms with E-state index in [1.54, 1.807) is 11.9 Å². The van der Waals surface area contributed by atoms with Crippen LogP contribution in [-0.4, -0.2) is 24.5 Å². The second-order valence-corrected chi connectivity index (χ2v) is 9.01. The van der Waals surface area contributed by atoms with Crippen LogP contribution in [0.15, 0.2) is 24.3 Å². The predicted molar refractivity (Wildman–Crippen MR) is 115 cm³/mol. The van der Waals surface area contributed by atoms with Gasteiger partial charge in [0.25, 0.3) is 0 Å². The molecule has 1 aromatic rings. The number of anilines is 1. The summed E-state index contributed by atoms with van der Waals surface area (Å²) in [7, 11) is 1.75. The van der Waals surface area contributed by atoms with Gasteiger partial charge in [-0.15, -0.1) is 0 Å². The lowest BCUT2D eigenvalue weighted by Gasteiger charge is -2.30. The highest BCUT2D eigenvalue weighted by molar-refractivity contribution is 6.20. The summed E-state index contributed by atoms with van der Waals surface area (Å²) in [6, 6.07) is 7.63. The molecule has 0 saturated heterocycles. The number of rotatable bonds is 10. The van der Waals surface area contributed by atoms with Gasteiger partial charge in [-0.05, 0) is 33.3 Å². The fourth-order valence-corrected chi connectivity index (χ4v) is 4.07. The van der Waals surface area contributed by atoms with Crippen LogP contribution >= 0.6 is 0 Å². The molecule has 0 aliphatic carbocycles. The SMILES string of the molecule is CCCCCCCCCCC1(C(=O)OC(C)(C)C)C(=O)N(C)c2ccccc21. The van der Waals surface area contributed by atoms with E-state index >= 15 is 0 Å². The highest BCUT2D eigenvalue weighted by atomic mass is 16.6. The smallest absolute Gasteiger partial charge is 0.326 e. The van der Waals surface area contributed by atoms with Crippen molar-refractivity contribution in [2.24, 2.45) is 0 Å². The van der Waals surface area contributed by atoms with Crippen molar-refractivity contribution in [2.75, 3.05) is 11.9 Å². The van der Waals surface area contributed by atoms with Crippen molar-refractivity contribution < 1.29 is 14.3 Å². The fraction of sp³-hybridized carbons (Fsp3) is 0.667. The number of para-hydroxylation sites is 1. The van der Waals surface area contributed by atoms with Crippen LogP contribution < -0.4 is 4.90 Å². The summed E-state index contributed by atoms with van der Waals surface area (Å²) in [5.41, 5.74) is -0.224. The van der Waals surface area contributed by atoms with Crippen LogP contribution in [0.25, 0.3) is 0 Å². The lowest BCUT2D eigenvalue weighted by atomic mass is 9.77. The van der Waals surface area contributed by atoms with E-state index in [1.807, 2.05) is 45.0 Å². The minimum Gasteiger partial charge on any atom is -0.459 e. The largest absolute Gasteiger partial charge is 0.459 e. The number of unbranched alkanes of at least 4 members (excludes halogenated alkanes) is 7. The van der Waals surface area contributed by atoms with Gasteiger partial charge in [0.05, 0.1) is 0 Å². The van der Waals surface area contributed by atoms with Gasteiger partial charge in [-0.2, -0.15) is 0 Å². The number of fused-ring (bicyclic) bond motifs is 1. The van der Waals surface area contributed by atoms with Gasteiger partial charge in [-0.3, -0.25) is 9.59 Å². The van der Waals surface area contributed by atoms with Crippen LogP contribution in [0.1, 0.15) is 91.0 Å². The minimum absolute atomic E-state index is 0.161. The number of hydrogen-bond donors (Lipinski definition) is 0. The molecule has 0 aromatic heterocycles. The normalized spacial score (nSPS) is 19.0. The summed E-state index contributed by atoms with van der Waals surface area (Å²) in [6.45, 7) is 7.78. The van der Waals surface area contributed by atoms with E-state index in [9.17, 15) is 9.59 Å². The second-order valence-electron chi connectivity index (χ2n) is 9.01. The topological polar surface area (TPSA) is 46.6 Å². The van der Waals surface area contributed by atoms with Gasteiger partial charge in [-0.25, -0.2) is 0 Å². The summed E-state index contributed by atoms with van der Waals surface area (Å²) >= 11 is 0. The van der Waals surface area contributed by atoms with E-state index < -0.39 is 17.0 Å². The molecule has 1 amide bonds. The molecule has 1 unspecified atom stereocenters. The number of benzene rings is 1. The first-order chi connectivity index (χ1) is 13.2. The Kier molecular flexibility index (Phi) is 7.68. The number of ether oxygens (including phenoxy) is 1. The Hall–Kier alpha value is -1.84. The number of nitrogens with zero attached hydrogens (tertiary/aromatic N) is 1. The van der Waals surface area contributed by atoms with Crippen LogP contribution in [0.5, 0.6) is 0 Å². The van der Waals surface area contributed by atoms with E-state index in [-0.39, 0.29) is 5.91 Å². The Morgan fingerprint density at radius 3 is 2.18 bits per heavy atom. The molecule has 0 saturated carbocycles. The van der Waals surface area contributed by atoms with Crippen molar-refractivity contribution in [2.45, 2.75) is 96.5 Å². The van der Waals surface area contributed by atoms with Crippen molar-refractivity contribution in [1.29, 1.82) is 0 Å². The molecule has 1 heterocycles. The quantitative estimate of drug-likeness (QED) is 0.291. The molecule has 28 heavy (non-hydrogen) atoms. The molecule has 4 nitrogen and oxygen atoms in total. The zero-order chi connectivity index (χ0) is 20.8. The van der Waals surface area contributed by atoms with Crippen molar-refractivity contribution in [3.05, 3.63) is 29.8 Å². The van der Waals surface area contributed by atoms with Crippen LogP contribution in [0.2, 0.25) is 0 Å². The Labute approximate surface area is 170 Å². The Morgan fingerprint density at radius 1 is 1.00 bits per heavy atom. The molecule has 0 spiro atoms. The molecule has 1 aromatic carbocycles. The molecule has 0 bridgehead atoms. The van der Waals surface area contributed by atoms with E-state index in [1.165, 1.54) is 32.1 Å². The van der Waals surface area contributed by atoms with E-state index in [0.717, 1.165) is 30.5 Å². The van der Waals surface area contributed by atoms with Gasteiger partial charge in [0.2, 0.25) is 5.91 Å². The third-order valence-electron chi connectivity index (χ3n) is 5.55. The first-order valence-electron chi connectivity index (χ1n) is 10.8. The van der Waals surface area contributed by atoms with Gasteiger partial charge in [0.1, 0.15) is 5.60 Å². The number of carbonyl (C=O) groups excluding carboxylic acids is 2. The summed E-state index contributed by atoms with van der Waals surface area (Å²) in [5, 5.41) is 0. The minimum atomic E-state index is -1.21. The molecular weight excluding hydrogens is 350 g/mol. The molecule has 156 valence electrons. The van der Waals surface area contributed by atoms with Crippen molar-refractivity contribution >= 4 is 17.6 Å². The summed E-state index contributed by atoms with van der Waals surface area (Å²) in [5.74, 6) is -0.573. The lowest BCUT2D eigenvalue weighted by molar-refractivity contribution is -0.164. The molecule has 2 rings (SSSR count). The third-order valence-corrected chi connectivity index (χ3v) is 5.55. The molecule has 0 radical (unpaired) electrons. The number of likely N-dealkylation sites (N-methyl/N-ethyl adjacent to an activating group) is 1. The van der Waals surface area contributed by atoms with Gasteiger partial charge < -0.3 is 9.64 Å². The number of amides is 1. The standard InChI is InChI=1S/C24H37NO3/c1-6-7-8-9-10-11-12-15-18-24(22(27)28-23(2,3)4)19-16-13-14-17-20(19)25(5)21(24)26/h13-14,16-17H,6-12,15,18H2,1-5H3. The van der Waals surface area contributed by atoms with Gasteiger partial charge >= 0.3 is 5.97 Å². The summed E-state index contributed by atoms with van der Waals surface area (Å²) in [4.78, 5) is 28.2. The lowest BCUT2D eigenvalue weighted by Crippen LogP contribution is -2.48. The highest BCUT2D eigenvalue weighted by Crippen LogP contribution is 2.45. The second kappa shape index (κ2) is 9.58. The Bertz CT molecular complexity index is 677. The maximum atomic E-state index is 13.3. The molecular formula is C24H37NO3. The molecule has 4 heteroatoms. The van der Waals surface area contributed by atoms with E-state index in [4.69, 9.17) is 4.74 Å². The monoisotopic (exact) mass is 387 g/mol. The number of hydrogen-bond acceptors (Lipinski definition) is 3. The maximum Gasteiger partial charge on any atom is 0.326 e. The van der Waals surface area contributed by atoms with Crippen LogP contribution in [0, 0.1) is 0 Å². The highest BCUT2D eigenvalue weighted by Gasteiger charge is 2.56. The average molecular weight is 388 g/mol. The van der Waals surface area contributed by atoms with Crippen molar-refractivity contribution in [3.63, 3.8) is 0 Å². The third kappa shape index (κ3) is 4.95. The van der Waals surface area contributed by atoms with Crippen molar-refractivity contribution in [3.8, 4) is 0 Å². The van der Waals surface area contributed by atoms with Crippen LogP contribution in [0.4, 0.5) is 5.69 Å². The van der Waals surface area contributed by atoms with Crippen LogP contribution in [0.3, 0.4) is 0 Å². The maximum absolute atomic E-state index is 13.3. The van der Waals surface area contributed by atoms with E-state index in [2.05, 4.69) is 6.92 Å². The molecule has 1 aliphatic heterocycles. The Morgan fingerprint density at radius 2 is 1.57 bits per heavy atom. The molecule has 0 fully saturated rings. The number of carbonyl (C=O) groups is 2. The number of esters is 1. The van der Waals surface area contributed by atoms with Gasteiger partial charge in [0, 0.05) is 18.3 Å². The summed E-state index contributed by atoms with van der Waals surface area (Å²) in [6.07, 6.45) is 9.91. The zero-order valence-electron chi connectivity index (χ0n) is 18.3. The molecule has 0 N–H and O–H groups in total. The first kappa shape index (κ1) is 22.4. The van der Waals surface area contributed by atoms with Crippen LogP contribution in [-0.2, 0) is 19.7 Å². The molecule has 1 aliphatic rings. The predicted octanol–water partition coefficient (Wildman–Crippen LogP) is 5.77. The average Bonchev–Trinajstić information content (AvgIpc) is 2.85. The fourth-order valence-electron chi connectivity index (χ4n) is 4.07. The first-order valence-corrected chi connectivity index (χ1v) is 10.8. The summed E-state index contributed by atoms with van der Waals surface area (Å²) < 4.78 is 5.74. The van der Waals surface area contributed by atoms with Gasteiger partial charge in [-0.1, -0.05) is 76.5 Å². The Balaban J connectivity index is 2.13. The zero-order valence-corrected chi connectivity index (χ0v) is 18.3. The van der Waals surface area contributed by atoms with Gasteiger partial charge in [0.15, 0.2) is 5.41 Å². The van der Waals surface area contributed by atoms with Crippen molar-refractivity contribution in [1.82, 2.24) is 0 Å². The van der Waals surface area contributed by atoms with E-state index in [0.29, 0.717) is 6.42 Å².